The molecule has 1 amide bonds. The summed E-state index contributed by atoms with van der Waals surface area (Å²) in [5, 5.41) is 4.96. The van der Waals surface area contributed by atoms with Gasteiger partial charge in [-0.15, -0.1) is 11.3 Å². The van der Waals surface area contributed by atoms with Gasteiger partial charge in [0.2, 0.25) is 0 Å². The van der Waals surface area contributed by atoms with E-state index in [4.69, 9.17) is 17.3 Å². The summed E-state index contributed by atoms with van der Waals surface area (Å²) in [6, 6.07) is 9.29. The molecule has 1 aromatic heterocycles. The predicted octanol–water partition coefficient (Wildman–Crippen LogP) is 4.95. The smallest absolute Gasteiger partial charge is 0.283 e. The van der Waals surface area contributed by atoms with Crippen molar-refractivity contribution in [3.63, 3.8) is 0 Å². The zero-order valence-electron chi connectivity index (χ0n) is 13.5. The van der Waals surface area contributed by atoms with E-state index in [0.717, 1.165) is 47.8 Å². The second-order valence-electron chi connectivity index (χ2n) is 6.20. The first-order valence-electron chi connectivity index (χ1n) is 8.04. The maximum atomic E-state index is 12.4. The fraction of sp³-hybridized carbons (Fsp3) is 0.333. The number of hydrogen-bond donors (Lipinski definition) is 2. The van der Waals surface area contributed by atoms with Crippen molar-refractivity contribution < 1.29 is 4.79 Å². The van der Waals surface area contributed by atoms with Crippen LogP contribution in [0.3, 0.4) is 0 Å². The molecule has 0 saturated heterocycles. The summed E-state index contributed by atoms with van der Waals surface area (Å²) in [5.41, 5.74) is 11.2. The minimum Gasteiger partial charge on any atom is -0.397 e. The van der Waals surface area contributed by atoms with Crippen molar-refractivity contribution in [3.8, 4) is 10.4 Å². The molecule has 2 aromatic rings. The number of amides is 1. The molecule has 1 aliphatic rings. The standard InChI is InChI=1S/C18H20ClN3OS/c1-11-2-8-14(9-3-11)21-22-18(23)17-15(20)10-16(24-17)12-4-6-13(19)7-5-12/h4-7,10-11H,2-3,8-9,20H2,1H3,(H,22,23). The Morgan fingerprint density at radius 1 is 1.29 bits per heavy atom. The molecule has 0 radical (unpaired) electrons. The number of hydrogen-bond acceptors (Lipinski definition) is 4. The lowest BCUT2D eigenvalue weighted by atomic mass is 9.90. The Morgan fingerprint density at radius 3 is 2.62 bits per heavy atom. The third-order valence-electron chi connectivity index (χ3n) is 4.26. The zero-order chi connectivity index (χ0) is 17.1. The average Bonchev–Trinajstić information content (AvgIpc) is 2.96. The quantitative estimate of drug-likeness (QED) is 0.760. The highest BCUT2D eigenvalue weighted by Gasteiger charge is 2.17. The van der Waals surface area contributed by atoms with Gasteiger partial charge < -0.3 is 5.73 Å². The summed E-state index contributed by atoms with van der Waals surface area (Å²) in [6.45, 7) is 2.25. The second-order valence-corrected chi connectivity index (χ2v) is 7.69. The maximum absolute atomic E-state index is 12.4. The molecule has 1 aromatic carbocycles. The van der Waals surface area contributed by atoms with E-state index in [1.165, 1.54) is 11.3 Å². The minimum atomic E-state index is -0.246. The van der Waals surface area contributed by atoms with Crippen molar-refractivity contribution >= 4 is 40.2 Å². The van der Waals surface area contributed by atoms with Crippen LogP contribution in [0.5, 0.6) is 0 Å². The Balaban J connectivity index is 1.71. The van der Waals surface area contributed by atoms with Crippen LogP contribution >= 0.6 is 22.9 Å². The Labute approximate surface area is 150 Å². The van der Waals surface area contributed by atoms with E-state index in [1.54, 1.807) is 0 Å². The van der Waals surface area contributed by atoms with Crippen LogP contribution in [0, 0.1) is 5.92 Å². The zero-order valence-corrected chi connectivity index (χ0v) is 15.1. The van der Waals surface area contributed by atoms with Crippen LogP contribution in [-0.4, -0.2) is 11.6 Å². The van der Waals surface area contributed by atoms with Crippen molar-refractivity contribution in [1.82, 2.24) is 5.43 Å². The highest BCUT2D eigenvalue weighted by molar-refractivity contribution is 7.18. The van der Waals surface area contributed by atoms with Crippen LogP contribution in [0.2, 0.25) is 5.02 Å². The third-order valence-corrected chi connectivity index (χ3v) is 5.71. The van der Waals surface area contributed by atoms with E-state index in [9.17, 15) is 4.79 Å². The van der Waals surface area contributed by atoms with E-state index in [-0.39, 0.29) is 5.91 Å². The number of halogens is 1. The molecule has 0 unspecified atom stereocenters. The molecule has 0 bridgehead atoms. The first kappa shape index (κ1) is 17.0. The monoisotopic (exact) mass is 361 g/mol. The van der Waals surface area contributed by atoms with Crippen LogP contribution in [0.1, 0.15) is 42.3 Å². The Hall–Kier alpha value is -1.85. The summed E-state index contributed by atoms with van der Waals surface area (Å²) in [4.78, 5) is 13.8. The normalized spacial score (nSPS) is 17.6. The topological polar surface area (TPSA) is 67.5 Å². The van der Waals surface area contributed by atoms with Gasteiger partial charge in [0.05, 0.1) is 5.69 Å². The molecule has 1 saturated carbocycles. The molecule has 6 heteroatoms. The van der Waals surface area contributed by atoms with E-state index < -0.39 is 0 Å². The minimum absolute atomic E-state index is 0.246. The SMILES string of the molecule is CC1CCC(=NNC(=O)c2sc(-c3ccc(Cl)cc3)cc2N)CC1. The molecular weight excluding hydrogens is 342 g/mol. The lowest BCUT2D eigenvalue weighted by Crippen LogP contribution is -2.21. The van der Waals surface area contributed by atoms with Crippen molar-refractivity contribution in [3.05, 3.63) is 40.2 Å². The molecule has 126 valence electrons. The van der Waals surface area contributed by atoms with E-state index in [1.807, 2.05) is 30.3 Å². The van der Waals surface area contributed by atoms with Gasteiger partial charge in [-0.25, -0.2) is 5.43 Å². The molecule has 4 nitrogen and oxygen atoms in total. The molecule has 0 aliphatic heterocycles. The number of thiophene rings is 1. The number of hydrazone groups is 1. The van der Waals surface area contributed by atoms with Gasteiger partial charge in [-0.05, 0) is 55.4 Å². The predicted molar refractivity (Wildman–Crippen MR) is 102 cm³/mol. The number of nitrogens with zero attached hydrogens (tertiary/aromatic N) is 1. The summed E-state index contributed by atoms with van der Waals surface area (Å²) in [6.07, 6.45) is 4.18. The average molecular weight is 362 g/mol. The molecule has 1 heterocycles. The third kappa shape index (κ3) is 3.97. The molecule has 3 rings (SSSR count). The lowest BCUT2D eigenvalue weighted by Gasteiger charge is -2.18. The molecule has 0 atom stereocenters. The van der Waals surface area contributed by atoms with Crippen LogP contribution in [-0.2, 0) is 0 Å². The lowest BCUT2D eigenvalue weighted by molar-refractivity contribution is 0.0959. The molecule has 3 N–H and O–H groups in total. The fourth-order valence-corrected chi connectivity index (χ4v) is 3.83. The second kappa shape index (κ2) is 7.36. The number of nitrogens with one attached hydrogen (secondary N) is 1. The summed E-state index contributed by atoms with van der Waals surface area (Å²) in [7, 11) is 0. The van der Waals surface area contributed by atoms with Crippen molar-refractivity contribution in [2.24, 2.45) is 11.0 Å². The number of benzene rings is 1. The molecule has 1 aliphatic carbocycles. The molecule has 1 fully saturated rings. The van der Waals surface area contributed by atoms with Gasteiger partial charge in [-0.3, -0.25) is 4.79 Å². The first-order chi connectivity index (χ1) is 11.5. The highest BCUT2D eigenvalue weighted by atomic mass is 35.5. The largest absolute Gasteiger partial charge is 0.397 e. The van der Waals surface area contributed by atoms with E-state index in [2.05, 4.69) is 17.5 Å². The maximum Gasteiger partial charge on any atom is 0.283 e. The van der Waals surface area contributed by atoms with E-state index in [0.29, 0.717) is 15.6 Å². The van der Waals surface area contributed by atoms with Gasteiger partial charge in [0.25, 0.3) is 5.91 Å². The molecular formula is C18H20ClN3OS. The molecule has 24 heavy (non-hydrogen) atoms. The Morgan fingerprint density at radius 2 is 1.96 bits per heavy atom. The number of carbonyl (C=O) groups is 1. The number of nitrogen functional groups attached to an aromatic ring is 1. The van der Waals surface area contributed by atoms with Gasteiger partial charge in [-0.1, -0.05) is 30.7 Å². The Bertz CT molecular complexity index is 757. The van der Waals surface area contributed by atoms with Gasteiger partial charge >= 0.3 is 0 Å². The van der Waals surface area contributed by atoms with Crippen LogP contribution in [0.25, 0.3) is 10.4 Å². The number of anilines is 1. The summed E-state index contributed by atoms with van der Waals surface area (Å²) in [5.74, 6) is 0.498. The van der Waals surface area contributed by atoms with Gasteiger partial charge in [0, 0.05) is 15.6 Å². The highest BCUT2D eigenvalue weighted by Crippen LogP contribution is 2.33. The van der Waals surface area contributed by atoms with Gasteiger partial charge in [-0.2, -0.15) is 5.10 Å². The van der Waals surface area contributed by atoms with Gasteiger partial charge in [0.1, 0.15) is 4.88 Å². The fourth-order valence-electron chi connectivity index (χ4n) is 2.73. The Kier molecular flexibility index (Phi) is 5.21. The van der Waals surface area contributed by atoms with Crippen LogP contribution in [0.4, 0.5) is 5.69 Å². The summed E-state index contributed by atoms with van der Waals surface area (Å²) >= 11 is 7.27. The molecule has 0 spiro atoms. The van der Waals surface area contributed by atoms with Crippen LogP contribution in [0.15, 0.2) is 35.4 Å². The van der Waals surface area contributed by atoms with Crippen LogP contribution < -0.4 is 11.2 Å². The first-order valence-corrected chi connectivity index (χ1v) is 9.23. The number of rotatable bonds is 3. The van der Waals surface area contributed by atoms with Crippen molar-refractivity contribution in [1.29, 1.82) is 0 Å². The summed E-state index contributed by atoms with van der Waals surface area (Å²) < 4.78 is 0. The number of carbonyl (C=O) groups excluding carboxylic acids is 1. The van der Waals surface area contributed by atoms with Gasteiger partial charge in [0.15, 0.2) is 0 Å². The van der Waals surface area contributed by atoms with Crippen molar-refractivity contribution in [2.75, 3.05) is 5.73 Å². The van der Waals surface area contributed by atoms with Crippen molar-refractivity contribution in [2.45, 2.75) is 32.6 Å². The number of nitrogens with two attached hydrogens (primary N) is 1. The van der Waals surface area contributed by atoms with E-state index >= 15 is 0 Å².